The van der Waals surface area contributed by atoms with E-state index in [-0.39, 0.29) is 26.2 Å². The van der Waals surface area contributed by atoms with Crippen LogP contribution in [0, 0.1) is 0 Å². The molecule has 0 saturated heterocycles. The second kappa shape index (κ2) is 7.40. The maximum atomic E-state index is 11.4. The predicted molar refractivity (Wildman–Crippen MR) is 59.8 cm³/mol. The molecule has 0 aliphatic rings. The predicted octanol–water partition coefficient (Wildman–Crippen LogP) is 1.33. The van der Waals surface area contributed by atoms with Crippen molar-refractivity contribution in [2.75, 3.05) is 19.8 Å². The summed E-state index contributed by atoms with van der Waals surface area (Å²) in [5.74, 6) is -1.32. The molecule has 0 unspecified atom stereocenters. The van der Waals surface area contributed by atoms with Crippen LogP contribution in [0.1, 0.15) is 16.8 Å². The fourth-order valence-corrected chi connectivity index (χ4v) is 1.11. The molecule has 17 heavy (non-hydrogen) atoms. The lowest BCUT2D eigenvalue weighted by Crippen LogP contribution is -2.12. The molecule has 0 saturated carbocycles. The summed E-state index contributed by atoms with van der Waals surface area (Å²) in [7, 11) is 0. The van der Waals surface area contributed by atoms with Crippen molar-refractivity contribution in [1.29, 1.82) is 0 Å². The molecule has 0 radical (unpaired) electrons. The highest BCUT2D eigenvalue weighted by Gasteiger charge is 2.05. The summed E-state index contributed by atoms with van der Waals surface area (Å²) in [4.78, 5) is 21.6. The van der Waals surface area contributed by atoms with Crippen molar-refractivity contribution in [3.05, 3.63) is 35.9 Å². The van der Waals surface area contributed by atoms with Crippen LogP contribution in [-0.4, -0.2) is 36.9 Å². The van der Waals surface area contributed by atoms with E-state index < -0.39 is 11.9 Å². The van der Waals surface area contributed by atoms with E-state index in [0.717, 1.165) is 0 Å². The van der Waals surface area contributed by atoms with Crippen LogP contribution in [0.25, 0.3) is 0 Å². The van der Waals surface area contributed by atoms with E-state index in [2.05, 4.69) is 0 Å². The average molecular weight is 238 g/mol. The molecule has 0 bridgehead atoms. The summed E-state index contributed by atoms with van der Waals surface area (Å²) in [6.07, 6.45) is -0.0490. The number of ether oxygens (including phenoxy) is 2. The molecule has 0 heterocycles. The third-order valence-corrected chi connectivity index (χ3v) is 1.93. The van der Waals surface area contributed by atoms with Crippen molar-refractivity contribution in [2.24, 2.45) is 0 Å². The Morgan fingerprint density at radius 2 is 1.76 bits per heavy atom. The molecule has 0 atom stereocenters. The summed E-state index contributed by atoms with van der Waals surface area (Å²) >= 11 is 0. The van der Waals surface area contributed by atoms with Gasteiger partial charge in [-0.3, -0.25) is 4.79 Å². The Hall–Kier alpha value is -1.88. The van der Waals surface area contributed by atoms with Gasteiger partial charge in [-0.05, 0) is 12.1 Å². The lowest BCUT2D eigenvalue weighted by molar-refractivity contribution is -0.138. The Bertz CT molecular complexity index is 360. The minimum Gasteiger partial charge on any atom is -0.481 e. The largest absolute Gasteiger partial charge is 0.481 e. The molecule has 1 aromatic carbocycles. The van der Waals surface area contributed by atoms with Crippen LogP contribution < -0.4 is 0 Å². The first-order valence-electron chi connectivity index (χ1n) is 5.22. The highest BCUT2D eigenvalue weighted by Crippen LogP contribution is 2.00. The van der Waals surface area contributed by atoms with Crippen molar-refractivity contribution in [3.8, 4) is 0 Å². The van der Waals surface area contributed by atoms with Gasteiger partial charge in [-0.25, -0.2) is 4.79 Å². The van der Waals surface area contributed by atoms with Crippen LogP contribution in [0.15, 0.2) is 30.3 Å². The normalized spacial score (nSPS) is 9.88. The van der Waals surface area contributed by atoms with Crippen LogP contribution >= 0.6 is 0 Å². The number of hydrogen-bond acceptors (Lipinski definition) is 4. The number of carboxylic acid groups (broad SMARTS) is 1. The quantitative estimate of drug-likeness (QED) is 0.573. The first kappa shape index (κ1) is 13.2. The van der Waals surface area contributed by atoms with Gasteiger partial charge in [-0.15, -0.1) is 0 Å². The zero-order valence-corrected chi connectivity index (χ0v) is 9.30. The molecule has 0 aliphatic heterocycles. The van der Waals surface area contributed by atoms with Crippen molar-refractivity contribution >= 4 is 11.9 Å². The number of hydrogen-bond donors (Lipinski definition) is 1. The standard InChI is InChI=1S/C12H14O5/c13-11(14)6-7-16-8-9-17-12(15)10-4-2-1-3-5-10/h1-5H,6-9H2,(H,13,14). The first-order chi connectivity index (χ1) is 8.20. The van der Waals surface area contributed by atoms with Gasteiger partial charge >= 0.3 is 11.9 Å². The molecule has 1 N–H and O–H groups in total. The van der Waals surface area contributed by atoms with Crippen molar-refractivity contribution in [3.63, 3.8) is 0 Å². The Balaban J connectivity index is 2.11. The van der Waals surface area contributed by atoms with E-state index in [0.29, 0.717) is 5.56 Å². The maximum Gasteiger partial charge on any atom is 0.338 e. The topological polar surface area (TPSA) is 72.8 Å². The summed E-state index contributed by atoms with van der Waals surface area (Å²) in [6, 6.07) is 8.63. The fraction of sp³-hybridized carbons (Fsp3) is 0.333. The number of rotatable bonds is 7. The zero-order chi connectivity index (χ0) is 12.5. The highest BCUT2D eigenvalue weighted by molar-refractivity contribution is 5.89. The minimum absolute atomic E-state index is 0.0490. The number of esters is 1. The van der Waals surface area contributed by atoms with E-state index in [9.17, 15) is 9.59 Å². The van der Waals surface area contributed by atoms with E-state index >= 15 is 0 Å². The van der Waals surface area contributed by atoms with Crippen LogP contribution in [0.3, 0.4) is 0 Å². The summed E-state index contributed by atoms with van der Waals surface area (Å²) in [5, 5.41) is 8.34. The van der Waals surface area contributed by atoms with Gasteiger partial charge in [-0.1, -0.05) is 18.2 Å². The molecule has 1 aromatic rings. The number of carbonyl (C=O) groups excluding carboxylic acids is 1. The number of benzene rings is 1. The Morgan fingerprint density at radius 1 is 1.06 bits per heavy atom. The molecule has 0 aliphatic carbocycles. The zero-order valence-electron chi connectivity index (χ0n) is 9.30. The summed E-state index contributed by atoms with van der Waals surface area (Å²) in [5.41, 5.74) is 0.484. The smallest absolute Gasteiger partial charge is 0.338 e. The van der Waals surface area contributed by atoms with Crippen LogP contribution in [0.2, 0.25) is 0 Å². The van der Waals surface area contributed by atoms with Crippen molar-refractivity contribution in [2.45, 2.75) is 6.42 Å². The minimum atomic E-state index is -0.911. The molecule has 1 rings (SSSR count). The molecular weight excluding hydrogens is 224 g/mol. The lowest BCUT2D eigenvalue weighted by Gasteiger charge is -2.05. The number of carboxylic acids is 1. The molecule has 0 fully saturated rings. The van der Waals surface area contributed by atoms with E-state index in [1.165, 1.54) is 0 Å². The van der Waals surface area contributed by atoms with Crippen molar-refractivity contribution < 1.29 is 24.2 Å². The molecule has 92 valence electrons. The molecular formula is C12H14O5. The second-order valence-corrected chi connectivity index (χ2v) is 3.26. The highest BCUT2D eigenvalue weighted by atomic mass is 16.6. The van der Waals surface area contributed by atoms with Crippen LogP contribution in [0.4, 0.5) is 0 Å². The fourth-order valence-electron chi connectivity index (χ4n) is 1.11. The lowest BCUT2D eigenvalue weighted by atomic mass is 10.2. The van der Waals surface area contributed by atoms with Crippen LogP contribution in [0.5, 0.6) is 0 Å². The summed E-state index contributed by atoms with van der Waals surface area (Å²) in [6.45, 7) is 0.442. The molecule has 5 nitrogen and oxygen atoms in total. The van der Waals surface area contributed by atoms with E-state index in [1.807, 2.05) is 6.07 Å². The average Bonchev–Trinajstić information content (AvgIpc) is 2.34. The Kier molecular flexibility index (Phi) is 5.74. The maximum absolute atomic E-state index is 11.4. The molecule has 5 heteroatoms. The SMILES string of the molecule is O=C(O)CCOCCOC(=O)c1ccccc1. The van der Waals surface area contributed by atoms with Crippen molar-refractivity contribution in [1.82, 2.24) is 0 Å². The van der Waals surface area contributed by atoms with E-state index in [1.54, 1.807) is 24.3 Å². The summed E-state index contributed by atoms with van der Waals surface area (Å²) < 4.78 is 9.90. The first-order valence-corrected chi connectivity index (χ1v) is 5.22. The Labute approximate surface area is 99.0 Å². The van der Waals surface area contributed by atoms with Gasteiger partial charge < -0.3 is 14.6 Å². The van der Waals surface area contributed by atoms with Gasteiger partial charge in [0.25, 0.3) is 0 Å². The second-order valence-electron chi connectivity index (χ2n) is 3.26. The Morgan fingerprint density at radius 3 is 2.41 bits per heavy atom. The third-order valence-electron chi connectivity index (χ3n) is 1.93. The third kappa shape index (κ3) is 5.67. The van der Waals surface area contributed by atoms with Gasteiger partial charge in [0.1, 0.15) is 6.61 Å². The monoisotopic (exact) mass is 238 g/mol. The van der Waals surface area contributed by atoms with Gasteiger partial charge in [-0.2, -0.15) is 0 Å². The van der Waals surface area contributed by atoms with Crippen LogP contribution in [-0.2, 0) is 14.3 Å². The van der Waals surface area contributed by atoms with Gasteiger partial charge in [0.05, 0.1) is 25.2 Å². The van der Waals surface area contributed by atoms with Gasteiger partial charge in [0.15, 0.2) is 0 Å². The molecule has 0 aromatic heterocycles. The number of carbonyl (C=O) groups is 2. The molecule has 0 spiro atoms. The van der Waals surface area contributed by atoms with E-state index in [4.69, 9.17) is 14.6 Å². The van der Waals surface area contributed by atoms with Gasteiger partial charge in [0, 0.05) is 0 Å². The molecule has 0 amide bonds. The van der Waals surface area contributed by atoms with Gasteiger partial charge in [0.2, 0.25) is 0 Å². The number of aliphatic carboxylic acids is 1.